The average Bonchev–Trinajstić information content (AvgIpc) is 2.57. The summed E-state index contributed by atoms with van der Waals surface area (Å²) < 4.78 is 29.1. The van der Waals surface area contributed by atoms with Crippen LogP contribution >= 0.6 is 0 Å². The number of aliphatic hydroxyl groups is 1. The average molecular weight is 383 g/mol. The lowest BCUT2D eigenvalue weighted by molar-refractivity contribution is -0.143. The van der Waals surface area contributed by atoms with Crippen LogP contribution in [0.15, 0.2) is 12.1 Å². The standard InChI is InChI=1S/C17H19F2N3O5/c18-10-8-13(22-4-1-14(23)20-16(22)26)11(19)7-12(10)21-5-2-17(27,3-6-21)9-15(24)25/h7-8,27H,1-6,9H2,(H,24,25)(H,20,23,26). The van der Waals surface area contributed by atoms with Crippen molar-refractivity contribution in [3.05, 3.63) is 23.8 Å². The van der Waals surface area contributed by atoms with Crippen molar-refractivity contribution in [2.24, 2.45) is 0 Å². The molecule has 3 rings (SSSR count). The number of carboxylic acid groups (broad SMARTS) is 1. The quantitative estimate of drug-likeness (QED) is 0.721. The van der Waals surface area contributed by atoms with Gasteiger partial charge in [-0.05, 0) is 12.8 Å². The molecular weight excluding hydrogens is 364 g/mol. The Hall–Kier alpha value is -2.75. The molecule has 27 heavy (non-hydrogen) atoms. The number of carboxylic acids is 1. The van der Waals surface area contributed by atoms with Crippen LogP contribution in [0, 0.1) is 11.6 Å². The summed E-state index contributed by atoms with van der Waals surface area (Å²) in [7, 11) is 0. The minimum atomic E-state index is -1.37. The van der Waals surface area contributed by atoms with Crippen molar-refractivity contribution in [1.82, 2.24) is 5.32 Å². The van der Waals surface area contributed by atoms with Crippen LogP contribution in [0.25, 0.3) is 0 Å². The highest BCUT2D eigenvalue weighted by molar-refractivity contribution is 6.05. The summed E-state index contributed by atoms with van der Waals surface area (Å²) in [6.45, 7) is 0.280. The number of amides is 3. The van der Waals surface area contributed by atoms with Crippen molar-refractivity contribution in [1.29, 1.82) is 0 Å². The number of halogens is 2. The lowest BCUT2D eigenvalue weighted by Gasteiger charge is -2.38. The van der Waals surface area contributed by atoms with Gasteiger partial charge in [0.15, 0.2) is 0 Å². The number of rotatable bonds is 4. The molecule has 3 amide bonds. The molecule has 2 aliphatic heterocycles. The number of benzene rings is 1. The SMILES string of the molecule is O=C(O)CC1(O)CCN(c2cc(F)c(N3CCC(=O)NC3=O)cc2F)CC1. The minimum Gasteiger partial charge on any atom is -0.481 e. The summed E-state index contributed by atoms with van der Waals surface area (Å²) in [4.78, 5) is 36.3. The largest absolute Gasteiger partial charge is 0.481 e. The van der Waals surface area contributed by atoms with E-state index in [0.717, 1.165) is 17.0 Å². The fraction of sp³-hybridized carbons (Fsp3) is 0.471. The summed E-state index contributed by atoms with van der Waals surface area (Å²) in [5, 5.41) is 21.1. The van der Waals surface area contributed by atoms with Crippen LogP contribution < -0.4 is 15.1 Å². The number of hydrogen-bond acceptors (Lipinski definition) is 5. The number of piperidine rings is 1. The normalized spacial score (nSPS) is 19.8. The topological polar surface area (TPSA) is 110 Å². The molecule has 2 fully saturated rings. The molecule has 2 heterocycles. The second-order valence-corrected chi connectivity index (χ2v) is 6.79. The van der Waals surface area contributed by atoms with Crippen molar-refractivity contribution in [2.45, 2.75) is 31.3 Å². The minimum absolute atomic E-state index is 0.0111. The molecule has 1 aromatic carbocycles. The van der Waals surface area contributed by atoms with Crippen molar-refractivity contribution in [3.8, 4) is 0 Å². The van der Waals surface area contributed by atoms with Gasteiger partial charge >= 0.3 is 12.0 Å². The van der Waals surface area contributed by atoms with Crippen molar-refractivity contribution >= 4 is 29.3 Å². The number of imide groups is 1. The summed E-state index contributed by atoms with van der Waals surface area (Å²) in [5.74, 6) is -3.16. The predicted molar refractivity (Wildman–Crippen MR) is 90.5 cm³/mol. The molecule has 8 nitrogen and oxygen atoms in total. The highest BCUT2D eigenvalue weighted by atomic mass is 19.1. The van der Waals surface area contributed by atoms with Gasteiger partial charge in [0.1, 0.15) is 11.6 Å². The zero-order valence-electron chi connectivity index (χ0n) is 14.4. The number of carbonyl (C=O) groups excluding carboxylic acids is 2. The number of aliphatic carboxylic acids is 1. The highest BCUT2D eigenvalue weighted by Crippen LogP contribution is 2.33. The number of carbonyl (C=O) groups is 3. The van der Waals surface area contributed by atoms with E-state index in [9.17, 15) is 28.3 Å². The van der Waals surface area contributed by atoms with E-state index in [-0.39, 0.29) is 50.3 Å². The van der Waals surface area contributed by atoms with Crippen LogP contribution in [0.2, 0.25) is 0 Å². The molecule has 0 unspecified atom stereocenters. The third-order valence-electron chi connectivity index (χ3n) is 4.88. The Morgan fingerprint density at radius 2 is 1.70 bits per heavy atom. The Labute approximate surface area is 153 Å². The molecule has 0 saturated carbocycles. The van der Waals surface area contributed by atoms with Crippen LogP contribution in [0.5, 0.6) is 0 Å². The second-order valence-electron chi connectivity index (χ2n) is 6.79. The van der Waals surface area contributed by atoms with Gasteiger partial charge in [0, 0.05) is 38.2 Å². The summed E-state index contributed by atoms with van der Waals surface area (Å²) in [6.07, 6.45) is -0.195. The zero-order valence-corrected chi connectivity index (χ0v) is 14.4. The Kier molecular flexibility index (Phi) is 5.01. The van der Waals surface area contributed by atoms with Gasteiger partial charge in [-0.15, -0.1) is 0 Å². The van der Waals surface area contributed by atoms with Crippen LogP contribution in [0.1, 0.15) is 25.7 Å². The Morgan fingerprint density at radius 3 is 2.30 bits per heavy atom. The van der Waals surface area contributed by atoms with Gasteiger partial charge in [-0.25, -0.2) is 13.6 Å². The molecule has 10 heteroatoms. The summed E-state index contributed by atoms with van der Waals surface area (Å²) >= 11 is 0. The van der Waals surface area contributed by atoms with E-state index in [0.29, 0.717) is 0 Å². The van der Waals surface area contributed by atoms with Crippen molar-refractivity contribution in [3.63, 3.8) is 0 Å². The fourth-order valence-corrected chi connectivity index (χ4v) is 3.39. The predicted octanol–water partition coefficient (Wildman–Crippen LogP) is 1.22. The number of urea groups is 1. The first kappa shape index (κ1) is 19.0. The van der Waals surface area contributed by atoms with Crippen LogP contribution in [0.4, 0.5) is 25.0 Å². The van der Waals surface area contributed by atoms with E-state index < -0.39 is 41.6 Å². The van der Waals surface area contributed by atoms with Crippen molar-refractivity contribution < 1.29 is 33.4 Å². The number of anilines is 2. The number of hydrogen-bond donors (Lipinski definition) is 3. The zero-order chi connectivity index (χ0) is 19.8. The maximum Gasteiger partial charge on any atom is 0.328 e. The molecule has 2 aliphatic rings. The van der Waals surface area contributed by atoms with E-state index in [1.54, 1.807) is 0 Å². The third-order valence-corrected chi connectivity index (χ3v) is 4.88. The van der Waals surface area contributed by atoms with Gasteiger partial charge in [-0.3, -0.25) is 19.8 Å². The monoisotopic (exact) mass is 383 g/mol. The fourth-order valence-electron chi connectivity index (χ4n) is 3.39. The molecule has 0 radical (unpaired) electrons. The van der Waals surface area contributed by atoms with Gasteiger partial charge in [-0.2, -0.15) is 0 Å². The van der Waals surface area contributed by atoms with Gasteiger partial charge in [0.05, 0.1) is 23.4 Å². The van der Waals surface area contributed by atoms with E-state index in [4.69, 9.17) is 5.11 Å². The number of nitrogens with one attached hydrogen (secondary N) is 1. The lowest BCUT2D eigenvalue weighted by atomic mass is 9.88. The van der Waals surface area contributed by atoms with Gasteiger partial charge < -0.3 is 15.1 Å². The van der Waals surface area contributed by atoms with Gasteiger partial charge in [-0.1, -0.05) is 0 Å². The molecule has 0 spiro atoms. The van der Waals surface area contributed by atoms with E-state index >= 15 is 0 Å². The van der Waals surface area contributed by atoms with Crippen LogP contribution in [-0.4, -0.2) is 53.4 Å². The summed E-state index contributed by atoms with van der Waals surface area (Å²) in [5.41, 5.74) is -1.65. The third kappa shape index (κ3) is 4.00. The molecular formula is C17H19F2N3O5. The molecule has 1 aromatic rings. The van der Waals surface area contributed by atoms with Gasteiger partial charge in [0.2, 0.25) is 5.91 Å². The molecule has 0 atom stereocenters. The first-order valence-corrected chi connectivity index (χ1v) is 8.48. The Bertz CT molecular complexity index is 793. The maximum absolute atomic E-state index is 14.6. The van der Waals surface area contributed by atoms with Crippen LogP contribution in [-0.2, 0) is 9.59 Å². The Balaban J connectivity index is 1.77. The summed E-state index contributed by atoms with van der Waals surface area (Å²) in [6, 6.07) is 1.06. The maximum atomic E-state index is 14.6. The van der Waals surface area contributed by atoms with E-state index in [2.05, 4.69) is 0 Å². The smallest absolute Gasteiger partial charge is 0.328 e. The number of nitrogens with zero attached hydrogens (tertiary/aromatic N) is 2. The molecule has 2 saturated heterocycles. The second kappa shape index (κ2) is 7.10. The van der Waals surface area contributed by atoms with E-state index in [1.165, 1.54) is 4.90 Å². The first-order valence-electron chi connectivity index (χ1n) is 8.48. The van der Waals surface area contributed by atoms with Crippen LogP contribution in [0.3, 0.4) is 0 Å². The highest BCUT2D eigenvalue weighted by Gasteiger charge is 2.35. The Morgan fingerprint density at radius 1 is 1.11 bits per heavy atom. The van der Waals surface area contributed by atoms with Gasteiger partial charge in [0.25, 0.3) is 0 Å². The first-order chi connectivity index (χ1) is 12.7. The molecule has 0 aliphatic carbocycles. The van der Waals surface area contributed by atoms with E-state index in [1.807, 2.05) is 5.32 Å². The molecule has 0 bridgehead atoms. The van der Waals surface area contributed by atoms with Crippen molar-refractivity contribution in [2.75, 3.05) is 29.4 Å². The molecule has 146 valence electrons. The molecule has 0 aromatic heterocycles. The molecule has 3 N–H and O–H groups in total. The lowest BCUT2D eigenvalue weighted by Crippen LogP contribution is -2.50.